The van der Waals surface area contributed by atoms with E-state index in [1.54, 1.807) is 12.1 Å². The summed E-state index contributed by atoms with van der Waals surface area (Å²) < 4.78 is 36.1. The maximum atomic E-state index is 11.9. The highest BCUT2D eigenvalue weighted by atomic mass is 35.5. The average molecular weight is 244 g/mol. The molecule has 1 nitrogen and oxygen atoms in total. The molecular formula is C8H9ClF3NS. The van der Waals surface area contributed by atoms with Crippen LogP contribution >= 0.6 is 22.9 Å². The van der Waals surface area contributed by atoms with Crippen molar-refractivity contribution in [1.82, 2.24) is 0 Å². The minimum absolute atomic E-state index is 0.0969. The first-order valence-electron chi connectivity index (χ1n) is 3.96. The van der Waals surface area contributed by atoms with Gasteiger partial charge in [-0.25, -0.2) is 0 Å². The zero-order chi connectivity index (χ0) is 10.8. The van der Waals surface area contributed by atoms with Crippen LogP contribution in [0.25, 0.3) is 0 Å². The smallest absolute Gasteiger partial charge is 0.323 e. The maximum absolute atomic E-state index is 11.9. The fraction of sp³-hybridized carbons (Fsp3) is 0.500. The summed E-state index contributed by atoms with van der Waals surface area (Å²) in [6.07, 6.45) is -5.09. The lowest BCUT2D eigenvalue weighted by Gasteiger charge is -2.10. The molecule has 0 unspecified atom stereocenters. The SMILES string of the molecule is N[C@@H](CCC(F)(F)F)c1ccc(Cl)s1. The van der Waals surface area contributed by atoms with Gasteiger partial charge in [0.2, 0.25) is 0 Å². The van der Waals surface area contributed by atoms with E-state index in [-0.39, 0.29) is 6.42 Å². The molecule has 0 aliphatic rings. The van der Waals surface area contributed by atoms with Crippen LogP contribution in [-0.4, -0.2) is 6.18 Å². The second-order valence-electron chi connectivity index (χ2n) is 2.90. The van der Waals surface area contributed by atoms with Crippen molar-refractivity contribution < 1.29 is 13.2 Å². The number of alkyl halides is 3. The van der Waals surface area contributed by atoms with Crippen molar-refractivity contribution in [1.29, 1.82) is 0 Å². The second-order valence-corrected chi connectivity index (χ2v) is 4.65. The van der Waals surface area contributed by atoms with E-state index in [4.69, 9.17) is 17.3 Å². The van der Waals surface area contributed by atoms with E-state index in [0.29, 0.717) is 9.21 Å². The summed E-state index contributed by atoms with van der Waals surface area (Å²) >= 11 is 6.85. The van der Waals surface area contributed by atoms with Crippen LogP contribution in [0.4, 0.5) is 13.2 Å². The van der Waals surface area contributed by atoms with Crippen molar-refractivity contribution in [2.45, 2.75) is 25.1 Å². The van der Waals surface area contributed by atoms with Gasteiger partial charge in [-0.2, -0.15) is 13.2 Å². The van der Waals surface area contributed by atoms with Gasteiger partial charge in [0.15, 0.2) is 0 Å². The molecule has 0 radical (unpaired) electrons. The molecule has 0 saturated heterocycles. The molecular weight excluding hydrogens is 235 g/mol. The Morgan fingerprint density at radius 2 is 2.07 bits per heavy atom. The van der Waals surface area contributed by atoms with Gasteiger partial charge in [-0.05, 0) is 18.6 Å². The summed E-state index contributed by atoms with van der Waals surface area (Å²) in [5, 5.41) is 0. The molecule has 6 heteroatoms. The molecule has 0 spiro atoms. The van der Waals surface area contributed by atoms with E-state index >= 15 is 0 Å². The van der Waals surface area contributed by atoms with Crippen LogP contribution in [0.2, 0.25) is 4.34 Å². The van der Waals surface area contributed by atoms with Crippen LogP contribution in [0.15, 0.2) is 12.1 Å². The van der Waals surface area contributed by atoms with Crippen LogP contribution in [0, 0.1) is 0 Å². The Balaban J connectivity index is 2.47. The zero-order valence-electron chi connectivity index (χ0n) is 7.14. The van der Waals surface area contributed by atoms with E-state index in [2.05, 4.69) is 0 Å². The predicted molar refractivity (Wildman–Crippen MR) is 51.5 cm³/mol. The molecule has 0 saturated carbocycles. The first-order chi connectivity index (χ1) is 6.38. The third-order valence-electron chi connectivity index (χ3n) is 1.70. The van der Waals surface area contributed by atoms with E-state index < -0.39 is 18.6 Å². The first-order valence-corrected chi connectivity index (χ1v) is 5.15. The van der Waals surface area contributed by atoms with Crippen molar-refractivity contribution in [2.24, 2.45) is 5.73 Å². The summed E-state index contributed by atoms with van der Waals surface area (Å²) in [6.45, 7) is 0. The molecule has 1 rings (SSSR count). The molecule has 1 heterocycles. The number of halogens is 4. The number of hydrogen-bond donors (Lipinski definition) is 1. The molecule has 0 aromatic carbocycles. The van der Waals surface area contributed by atoms with Gasteiger partial charge in [-0.1, -0.05) is 11.6 Å². The maximum Gasteiger partial charge on any atom is 0.389 e. The molecule has 1 aromatic rings. The summed E-state index contributed by atoms with van der Waals surface area (Å²) in [4.78, 5) is 0.694. The lowest BCUT2D eigenvalue weighted by Crippen LogP contribution is -2.14. The minimum atomic E-state index is -4.14. The summed E-state index contributed by atoms with van der Waals surface area (Å²) in [6, 6.07) is 2.72. The lowest BCUT2D eigenvalue weighted by molar-refractivity contribution is -0.136. The van der Waals surface area contributed by atoms with Gasteiger partial charge in [0.25, 0.3) is 0 Å². The second kappa shape index (κ2) is 4.51. The van der Waals surface area contributed by atoms with Gasteiger partial charge < -0.3 is 5.73 Å². The third-order valence-corrected chi connectivity index (χ3v) is 3.06. The molecule has 0 aliphatic carbocycles. The molecule has 0 aliphatic heterocycles. The molecule has 0 bridgehead atoms. The van der Waals surface area contributed by atoms with Gasteiger partial charge in [0, 0.05) is 17.3 Å². The Labute approximate surface area is 88.7 Å². The fourth-order valence-corrected chi connectivity index (χ4v) is 2.09. The van der Waals surface area contributed by atoms with Gasteiger partial charge in [-0.3, -0.25) is 0 Å². The normalized spacial score (nSPS) is 14.4. The van der Waals surface area contributed by atoms with Crippen LogP contribution < -0.4 is 5.73 Å². The van der Waals surface area contributed by atoms with Crippen molar-refractivity contribution in [3.8, 4) is 0 Å². The summed E-state index contributed by atoms with van der Waals surface area (Å²) in [5.74, 6) is 0. The van der Waals surface area contributed by atoms with Crippen LogP contribution in [0.3, 0.4) is 0 Å². The summed E-state index contributed by atoms with van der Waals surface area (Å²) in [5.41, 5.74) is 5.57. The van der Waals surface area contributed by atoms with Crippen LogP contribution in [-0.2, 0) is 0 Å². The molecule has 14 heavy (non-hydrogen) atoms. The van der Waals surface area contributed by atoms with Crippen LogP contribution in [0.5, 0.6) is 0 Å². The lowest BCUT2D eigenvalue weighted by atomic mass is 10.1. The average Bonchev–Trinajstić information content (AvgIpc) is 2.46. The highest BCUT2D eigenvalue weighted by molar-refractivity contribution is 7.16. The van der Waals surface area contributed by atoms with E-state index in [1.807, 2.05) is 0 Å². The number of nitrogens with two attached hydrogens (primary N) is 1. The topological polar surface area (TPSA) is 26.0 Å². The molecule has 0 amide bonds. The Morgan fingerprint density at radius 3 is 2.50 bits per heavy atom. The van der Waals surface area contributed by atoms with Crippen molar-refractivity contribution in [2.75, 3.05) is 0 Å². The number of thiophene rings is 1. The number of hydrogen-bond acceptors (Lipinski definition) is 2. The summed E-state index contributed by atoms with van der Waals surface area (Å²) in [7, 11) is 0. The monoisotopic (exact) mass is 243 g/mol. The first kappa shape index (κ1) is 11.8. The van der Waals surface area contributed by atoms with Crippen molar-refractivity contribution in [3.63, 3.8) is 0 Å². The largest absolute Gasteiger partial charge is 0.389 e. The molecule has 0 fully saturated rings. The zero-order valence-corrected chi connectivity index (χ0v) is 8.72. The molecule has 1 aromatic heterocycles. The number of rotatable bonds is 3. The van der Waals surface area contributed by atoms with Crippen LogP contribution in [0.1, 0.15) is 23.8 Å². The van der Waals surface area contributed by atoms with Gasteiger partial charge in [0.1, 0.15) is 0 Å². The Kier molecular flexibility index (Phi) is 3.80. The molecule has 1 atom stereocenters. The third kappa shape index (κ3) is 3.86. The van der Waals surface area contributed by atoms with Crippen molar-refractivity contribution in [3.05, 3.63) is 21.3 Å². The van der Waals surface area contributed by atoms with E-state index in [9.17, 15) is 13.2 Å². The quantitative estimate of drug-likeness (QED) is 0.860. The standard InChI is InChI=1S/C8H9ClF3NS/c9-7-2-1-6(14-7)5(13)3-4-8(10,11)12/h1-2,5H,3-4,13H2/t5-/m0/s1. The highest BCUT2D eigenvalue weighted by Crippen LogP contribution is 2.31. The van der Waals surface area contributed by atoms with E-state index in [1.165, 1.54) is 11.3 Å². The fourth-order valence-electron chi connectivity index (χ4n) is 0.989. The molecule has 2 N–H and O–H groups in total. The Bertz CT molecular complexity index is 297. The Hall–Kier alpha value is -0.260. The van der Waals surface area contributed by atoms with Gasteiger partial charge in [0.05, 0.1) is 4.34 Å². The van der Waals surface area contributed by atoms with Gasteiger partial charge >= 0.3 is 6.18 Å². The van der Waals surface area contributed by atoms with E-state index in [0.717, 1.165) is 0 Å². The van der Waals surface area contributed by atoms with Crippen molar-refractivity contribution >= 4 is 22.9 Å². The predicted octanol–water partition coefficient (Wildman–Crippen LogP) is 3.74. The van der Waals surface area contributed by atoms with Gasteiger partial charge in [-0.15, -0.1) is 11.3 Å². The highest BCUT2D eigenvalue weighted by Gasteiger charge is 2.28. The minimum Gasteiger partial charge on any atom is -0.323 e. The molecule has 80 valence electrons. The Morgan fingerprint density at radius 1 is 1.43 bits per heavy atom.